The summed E-state index contributed by atoms with van der Waals surface area (Å²) in [5.41, 5.74) is 1.10. The normalized spacial score (nSPS) is 11.1. The molecule has 0 aliphatic rings. The third-order valence-corrected chi connectivity index (χ3v) is 4.12. The molecule has 0 aliphatic heterocycles. The van der Waals surface area contributed by atoms with Crippen LogP contribution in [0.15, 0.2) is 53.3 Å². The number of aryl methyl sites for hydroxylation is 1. The Labute approximate surface area is 141 Å². The van der Waals surface area contributed by atoms with Crippen molar-refractivity contribution in [1.82, 2.24) is 14.5 Å². The molecule has 2 aromatic carbocycles. The van der Waals surface area contributed by atoms with Crippen LogP contribution in [-0.4, -0.2) is 25.5 Å². The summed E-state index contributed by atoms with van der Waals surface area (Å²) in [6.07, 6.45) is 0. The van der Waals surface area contributed by atoms with E-state index >= 15 is 0 Å². The Bertz CT molecular complexity index is 1160. The van der Waals surface area contributed by atoms with E-state index < -0.39 is 11.5 Å². The third-order valence-electron chi connectivity index (χ3n) is 4.12. The molecule has 2 aromatic heterocycles. The van der Waals surface area contributed by atoms with Crippen molar-refractivity contribution in [1.29, 1.82) is 0 Å². The van der Waals surface area contributed by atoms with E-state index in [2.05, 4.69) is 15.3 Å². The summed E-state index contributed by atoms with van der Waals surface area (Å²) < 4.78 is 1.34. The number of anilines is 1. The zero-order chi connectivity index (χ0) is 17.6. The maximum absolute atomic E-state index is 12.6. The number of hydrogen-bond acceptors (Lipinski definition) is 4. The van der Waals surface area contributed by atoms with Gasteiger partial charge < -0.3 is 14.7 Å². The van der Waals surface area contributed by atoms with Gasteiger partial charge in [-0.25, -0.2) is 4.98 Å². The molecule has 3 N–H and O–H groups in total. The number of pyridine rings is 1. The summed E-state index contributed by atoms with van der Waals surface area (Å²) >= 11 is 0. The highest BCUT2D eigenvalue weighted by Crippen LogP contribution is 2.26. The number of aromatic amines is 1. The largest absolute Gasteiger partial charge is 0.506 e. The van der Waals surface area contributed by atoms with Gasteiger partial charge >= 0.3 is 0 Å². The molecular formula is C18H14N4O3. The van der Waals surface area contributed by atoms with Crippen LogP contribution in [0.25, 0.3) is 21.9 Å². The van der Waals surface area contributed by atoms with E-state index in [-0.39, 0.29) is 17.3 Å². The first kappa shape index (κ1) is 14.9. The molecule has 0 unspecified atom stereocenters. The van der Waals surface area contributed by atoms with Crippen molar-refractivity contribution in [3.05, 3.63) is 64.4 Å². The zero-order valence-corrected chi connectivity index (χ0v) is 13.3. The third kappa shape index (κ3) is 2.33. The number of aromatic nitrogens is 3. The van der Waals surface area contributed by atoms with Crippen LogP contribution in [0.1, 0.15) is 10.4 Å². The summed E-state index contributed by atoms with van der Waals surface area (Å²) in [7, 11) is 1.56. The minimum absolute atomic E-state index is 0.209. The first-order valence-electron chi connectivity index (χ1n) is 7.63. The van der Waals surface area contributed by atoms with Crippen LogP contribution in [0.4, 0.5) is 5.95 Å². The summed E-state index contributed by atoms with van der Waals surface area (Å²) in [4.78, 5) is 32.3. The fourth-order valence-corrected chi connectivity index (χ4v) is 2.87. The highest BCUT2D eigenvalue weighted by atomic mass is 16.3. The maximum Gasteiger partial charge on any atom is 0.267 e. The standard InChI is InChI=1S/C18H14N4O3/c1-22-13-9-5-2-6-10(13)15(23)14(17(22)25)16(24)21-18-19-11-7-3-4-8-12(11)20-18/h2-9,23H,1H3,(H2,19,20,21,24). The number of nitrogens with one attached hydrogen (secondary N) is 2. The van der Waals surface area contributed by atoms with E-state index in [0.29, 0.717) is 16.4 Å². The average Bonchev–Trinajstić information content (AvgIpc) is 3.02. The SMILES string of the molecule is Cn1c(=O)c(C(=O)Nc2nc3ccccc3[nH]2)c(O)c2ccccc21. The number of amides is 1. The Morgan fingerprint density at radius 1 is 1.16 bits per heavy atom. The van der Waals surface area contributed by atoms with E-state index in [1.807, 2.05) is 18.2 Å². The molecular weight excluding hydrogens is 320 g/mol. The van der Waals surface area contributed by atoms with Gasteiger partial charge in [-0.05, 0) is 24.3 Å². The van der Waals surface area contributed by atoms with Gasteiger partial charge in [0, 0.05) is 12.4 Å². The van der Waals surface area contributed by atoms with E-state index in [1.54, 1.807) is 37.4 Å². The molecule has 0 saturated heterocycles. The molecule has 4 rings (SSSR count). The smallest absolute Gasteiger partial charge is 0.267 e. The van der Waals surface area contributed by atoms with Crippen LogP contribution in [0.5, 0.6) is 5.75 Å². The van der Waals surface area contributed by atoms with Crippen LogP contribution >= 0.6 is 0 Å². The number of H-pyrrole nitrogens is 1. The number of hydrogen-bond donors (Lipinski definition) is 3. The van der Waals surface area contributed by atoms with Crippen molar-refractivity contribution >= 4 is 33.8 Å². The Hall–Kier alpha value is -3.61. The van der Waals surface area contributed by atoms with E-state index in [4.69, 9.17) is 0 Å². The quantitative estimate of drug-likeness (QED) is 0.524. The van der Waals surface area contributed by atoms with E-state index in [9.17, 15) is 14.7 Å². The Balaban J connectivity index is 1.81. The van der Waals surface area contributed by atoms with Gasteiger partial charge in [-0.3, -0.25) is 14.9 Å². The van der Waals surface area contributed by atoms with Crippen molar-refractivity contribution in [2.24, 2.45) is 7.05 Å². The minimum atomic E-state index is -0.720. The Morgan fingerprint density at radius 3 is 2.68 bits per heavy atom. The second-order valence-corrected chi connectivity index (χ2v) is 5.66. The maximum atomic E-state index is 12.6. The van der Waals surface area contributed by atoms with Crippen molar-refractivity contribution < 1.29 is 9.90 Å². The van der Waals surface area contributed by atoms with E-state index in [0.717, 1.165) is 5.52 Å². The highest BCUT2D eigenvalue weighted by molar-refractivity contribution is 6.08. The van der Waals surface area contributed by atoms with Gasteiger partial charge in [0.05, 0.1) is 16.6 Å². The Kier molecular flexibility index (Phi) is 3.28. The fraction of sp³-hybridized carbons (Fsp3) is 0.0556. The molecule has 25 heavy (non-hydrogen) atoms. The van der Waals surface area contributed by atoms with Crippen LogP contribution in [-0.2, 0) is 7.05 Å². The molecule has 0 saturated carbocycles. The number of rotatable bonds is 2. The van der Waals surface area contributed by atoms with Crippen molar-refractivity contribution in [3.63, 3.8) is 0 Å². The predicted octanol–water partition coefficient (Wildman–Crippen LogP) is 2.37. The molecule has 0 radical (unpaired) electrons. The highest BCUT2D eigenvalue weighted by Gasteiger charge is 2.21. The lowest BCUT2D eigenvalue weighted by molar-refractivity contribution is 0.102. The van der Waals surface area contributed by atoms with Crippen LogP contribution < -0.4 is 10.9 Å². The van der Waals surface area contributed by atoms with Gasteiger partial charge in [-0.2, -0.15) is 0 Å². The molecule has 2 heterocycles. The van der Waals surface area contributed by atoms with Crippen LogP contribution in [0.3, 0.4) is 0 Å². The van der Waals surface area contributed by atoms with Crippen LogP contribution in [0, 0.1) is 0 Å². The molecule has 7 heteroatoms. The summed E-state index contributed by atoms with van der Waals surface area (Å²) in [6.45, 7) is 0. The molecule has 0 atom stereocenters. The molecule has 7 nitrogen and oxygen atoms in total. The number of nitrogens with zero attached hydrogens (tertiary/aromatic N) is 2. The molecule has 0 bridgehead atoms. The number of carbonyl (C=O) groups excluding carboxylic acids is 1. The monoisotopic (exact) mass is 334 g/mol. The molecule has 0 spiro atoms. The topological polar surface area (TPSA) is 100 Å². The lowest BCUT2D eigenvalue weighted by Gasteiger charge is -2.11. The van der Waals surface area contributed by atoms with Crippen molar-refractivity contribution in [2.45, 2.75) is 0 Å². The summed E-state index contributed by atoms with van der Waals surface area (Å²) in [6, 6.07) is 14.2. The molecule has 0 aliphatic carbocycles. The van der Waals surface area contributed by atoms with Gasteiger partial charge in [0.15, 0.2) is 0 Å². The van der Waals surface area contributed by atoms with E-state index in [1.165, 1.54) is 4.57 Å². The van der Waals surface area contributed by atoms with Crippen molar-refractivity contribution in [2.75, 3.05) is 5.32 Å². The molecule has 1 amide bonds. The predicted molar refractivity (Wildman–Crippen MR) is 94.9 cm³/mol. The Morgan fingerprint density at radius 2 is 1.88 bits per heavy atom. The number of fused-ring (bicyclic) bond motifs is 2. The summed E-state index contributed by atoms with van der Waals surface area (Å²) in [5.74, 6) is -0.851. The van der Waals surface area contributed by atoms with Gasteiger partial charge in [0.1, 0.15) is 11.3 Å². The second kappa shape index (κ2) is 5.48. The number of imidazole rings is 1. The minimum Gasteiger partial charge on any atom is -0.506 e. The zero-order valence-electron chi connectivity index (χ0n) is 13.3. The van der Waals surface area contributed by atoms with Gasteiger partial charge in [-0.15, -0.1) is 0 Å². The average molecular weight is 334 g/mol. The summed E-state index contributed by atoms with van der Waals surface area (Å²) in [5, 5.41) is 13.4. The number of aromatic hydroxyl groups is 1. The first-order chi connectivity index (χ1) is 12.1. The van der Waals surface area contributed by atoms with Gasteiger partial charge in [0.2, 0.25) is 5.95 Å². The van der Waals surface area contributed by atoms with Crippen LogP contribution in [0.2, 0.25) is 0 Å². The fourth-order valence-electron chi connectivity index (χ4n) is 2.87. The number of carbonyl (C=O) groups is 1. The molecule has 124 valence electrons. The molecule has 0 fully saturated rings. The van der Waals surface area contributed by atoms with Gasteiger partial charge in [-0.1, -0.05) is 24.3 Å². The lowest BCUT2D eigenvalue weighted by Crippen LogP contribution is -2.28. The second-order valence-electron chi connectivity index (χ2n) is 5.66. The van der Waals surface area contributed by atoms with Crippen molar-refractivity contribution in [3.8, 4) is 5.75 Å². The first-order valence-corrected chi connectivity index (χ1v) is 7.63. The molecule has 4 aromatic rings. The number of para-hydroxylation sites is 3. The van der Waals surface area contributed by atoms with Gasteiger partial charge in [0.25, 0.3) is 11.5 Å². The number of benzene rings is 2. The lowest BCUT2D eigenvalue weighted by atomic mass is 10.1.